The smallest absolute Gasteiger partial charge is 0.416 e. The Hall–Kier alpha value is -6.99. The maximum absolute atomic E-state index is 15.1. The van der Waals surface area contributed by atoms with Crippen LogP contribution in [0.25, 0.3) is 22.5 Å². The lowest BCUT2D eigenvalue weighted by Gasteiger charge is -2.39. The van der Waals surface area contributed by atoms with E-state index in [9.17, 15) is 32.3 Å². The number of furan rings is 1. The molecule has 3 atom stereocenters. The lowest BCUT2D eigenvalue weighted by molar-refractivity contribution is -0.148. The summed E-state index contributed by atoms with van der Waals surface area (Å²) in [5.41, 5.74) is 2.73. The summed E-state index contributed by atoms with van der Waals surface area (Å²) in [4.78, 5) is 45.9. The van der Waals surface area contributed by atoms with Crippen molar-refractivity contribution in [2.24, 2.45) is 0 Å². The van der Waals surface area contributed by atoms with Crippen molar-refractivity contribution >= 4 is 23.5 Å². The normalized spacial score (nSPS) is 15.0. The van der Waals surface area contributed by atoms with E-state index in [1.165, 1.54) is 59.2 Å². The first kappa shape index (κ1) is 44.1. The average molecular weight is 861 g/mol. The molecular weight excluding hydrogens is 817 g/mol. The Kier molecular flexibility index (Phi) is 13.6. The number of aliphatic hydroxyl groups excluding tert-OH is 1. The summed E-state index contributed by atoms with van der Waals surface area (Å²) in [6.45, 7) is 4.92. The maximum Gasteiger partial charge on any atom is 0.416 e. The Morgan fingerprint density at radius 1 is 0.873 bits per heavy atom. The SMILES string of the molecule is C=CCC(OC(C)=O)[C@@H]1[C@@H](N(Cc2ccc(-c3cccc(C(F)(F)F)c3)o2)C(=O)Cc2ccc(F)cc2)c2cc(OCCCO)ccc2N1C(=O)c1ccc(-c2ccccc2)cc1. The van der Waals surface area contributed by atoms with Gasteiger partial charge in [0.15, 0.2) is 0 Å². The molecule has 2 heterocycles. The number of anilines is 1. The molecule has 6 aromatic rings. The summed E-state index contributed by atoms with van der Waals surface area (Å²) in [5.74, 6) is -1.42. The summed E-state index contributed by atoms with van der Waals surface area (Å²) in [6.07, 6.45) is -3.96. The second-order valence-electron chi connectivity index (χ2n) is 15.0. The highest BCUT2D eigenvalue weighted by Crippen LogP contribution is 2.48. The van der Waals surface area contributed by atoms with Crippen molar-refractivity contribution in [3.8, 4) is 28.2 Å². The topological polar surface area (TPSA) is 110 Å². The third kappa shape index (κ3) is 10.2. The zero-order valence-electron chi connectivity index (χ0n) is 34.3. The molecule has 7 rings (SSSR count). The van der Waals surface area contributed by atoms with E-state index in [0.29, 0.717) is 34.5 Å². The van der Waals surface area contributed by atoms with Crippen molar-refractivity contribution in [1.82, 2.24) is 4.90 Å². The minimum Gasteiger partial charge on any atom is -0.493 e. The van der Waals surface area contributed by atoms with Crippen LogP contribution in [0.1, 0.15) is 58.6 Å². The first-order valence-corrected chi connectivity index (χ1v) is 20.3. The van der Waals surface area contributed by atoms with Crippen molar-refractivity contribution in [3.05, 3.63) is 180 Å². The van der Waals surface area contributed by atoms with Crippen LogP contribution in [0.2, 0.25) is 0 Å². The molecule has 1 aliphatic heterocycles. The predicted molar refractivity (Wildman–Crippen MR) is 229 cm³/mol. The number of ether oxygens (including phenoxy) is 2. The van der Waals surface area contributed by atoms with E-state index >= 15 is 4.79 Å². The molecule has 324 valence electrons. The third-order valence-corrected chi connectivity index (χ3v) is 10.7. The molecule has 0 saturated carbocycles. The van der Waals surface area contributed by atoms with Crippen LogP contribution in [0.3, 0.4) is 0 Å². The third-order valence-electron chi connectivity index (χ3n) is 10.7. The molecule has 9 nitrogen and oxygen atoms in total. The van der Waals surface area contributed by atoms with E-state index in [-0.39, 0.29) is 49.7 Å². The number of nitrogens with zero attached hydrogens (tertiary/aromatic N) is 2. The molecule has 0 spiro atoms. The lowest BCUT2D eigenvalue weighted by Crippen LogP contribution is -2.53. The molecule has 13 heteroatoms. The molecule has 0 bridgehead atoms. The van der Waals surface area contributed by atoms with Crippen LogP contribution in [0.5, 0.6) is 5.75 Å². The molecule has 0 fully saturated rings. The van der Waals surface area contributed by atoms with E-state index in [1.807, 2.05) is 42.5 Å². The Bertz CT molecular complexity index is 2560. The maximum atomic E-state index is 15.1. The van der Waals surface area contributed by atoms with Crippen LogP contribution >= 0.6 is 0 Å². The molecule has 1 unspecified atom stereocenters. The van der Waals surface area contributed by atoms with Gasteiger partial charge in [-0.1, -0.05) is 72.8 Å². The van der Waals surface area contributed by atoms with Gasteiger partial charge in [0, 0.05) is 43.1 Å². The molecule has 1 N–H and O–H groups in total. The minimum absolute atomic E-state index is 0.0613. The van der Waals surface area contributed by atoms with Crippen molar-refractivity contribution in [3.63, 3.8) is 0 Å². The summed E-state index contributed by atoms with van der Waals surface area (Å²) >= 11 is 0. The predicted octanol–water partition coefficient (Wildman–Crippen LogP) is 10.4. The number of aliphatic hydroxyl groups is 1. The van der Waals surface area contributed by atoms with Gasteiger partial charge in [-0.05, 0) is 83.4 Å². The van der Waals surface area contributed by atoms with Gasteiger partial charge in [0.1, 0.15) is 29.2 Å². The largest absolute Gasteiger partial charge is 0.493 e. The van der Waals surface area contributed by atoms with Crippen LogP contribution in [-0.2, 0) is 33.5 Å². The number of carbonyl (C=O) groups excluding carboxylic acids is 3. The van der Waals surface area contributed by atoms with Crippen LogP contribution in [0.15, 0.2) is 151 Å². The Labute approximate surface area is 361 Å². The van der Waals surface area contributed by atoms with Crippen LogP contribution in [0.4, 0.5) is 23.2 Å². The molecule has 63 heavy (non-hydrogen) atoms. The van der Waals surface area contributed by atoms with Crippen molar-refractivity contribution in [2.45, 2.75) is 57.1 Å². The number of hydrogen-bond donors (Lipinski definition) is 1. The summed E-state index contributed by atoms with van der Waals surface area (Å²) in [7, 11) is 0. The van der Waals surface area contributed by atoms with Crippen LogP contribution in [-0.4, -0.2) is 53.1 Å². The summed E-state index contributed by atoms with van der Waals surface area (Å²) in [5, 5.41) is 9.48. The number of hydrogen-bond acceptors (Lipinski definition) is 7. The molecule has 0 aliphatic carbocycles. The van der Waals surface area contributed by atoms with Gasteiger partial charge in [0.05, 0.1) is 42.9 Å². The first-order chi connectivity index (χ1) is 30.3. The quantitative estimate of drug-likeness (QED) is 0.0447. The number of esters is 1. The second-order valence-corrected chi connectivity index (χ2v) is 15.0. The van der Waals surface area contributed by atoms with Gasteiger partial charge in [0.2, 0.25) is 5.91 Å². The van der Waals surface area contributed by atoms with Gasteiger partial charge < -0.3 is 23.9 Å². The van der Waals surface area contributed by atoms with E-state index < -0.39 is 53.5 Å². The highest BCUT2D eigenvalue weighted by molar-refractivity contribution is 6.08. The van der Waals surface area contributed by atoms with Gasteiger partial charge in [0.25, 0.3) is 5.91 Å². The number of fused-ring (bicyclic) bond motifs is 1. The van der Waals surface area contributed by atoms with Gasteiger partial charge in [-0.3, -0.25) is 19.3 Å². The summed E-state index contributed by atoms with van der Waals surface area (Å²) in [6, 6.07) is 32.7. The number of rotatable bonds is 16. The number of carbonyl (C=O) groups is 3. The Morgan fingerprint density at radius 2 is 1.59 bits per heavy atom. The average Bonchev–Trinajstić information content (AvgIpc) is 3.88. The fourth-order valence-electron chi connectivity index (χ4n) is 7.85. The van der Waals surface area contributed by atoms with Gasteiger partial charge in [-0.2, -0.15) is 13.2 Å². The number of amides is 2. The summed E-state index contributed by atoms with van der Waals surface area (Å²) < 4.78 is 73.3. The van der Waals surface area contributed by atoms with E-state index in [1.54, 1.807) is 42.5 Å². The van der Waals surface area contributed by atoms with Gasteiger partial charge in [-0.25, -0.2) is 4.39 Å². The van der Waals surface area contributed by atoms with Crippen molar-refractivity contribution < 1.29 is 50.9 Å². The van der Waals surface area contributed by atoms with Crippen molar-refractivity contribution in [2.75, 3.05) is 18.1 Å². The Morgan fingerprint density at radius 3 is 2.27 bits per heavy atom. The number of benzene rings is 5. The second kappa shape index (κ2) is 19.4. The zero-order valence-corrected chi connectivity index (χ0v) is 34.3. The van der Waals surface area contributed by atoms with Gasteiger partial charge in [-0.15, -0.1) is 6.58 Å². The molecule has 1 aliphatic rings. The Balaban J connectivity index is 1.38. The fraction of sp³-hybridized carbons (Fsp3) is 0.220. The van der Waals surface area contributed by atoms with Crippen molar-refractivity contribution in [1.29, 1.82) is 0 Å². The first-order valence-electron chi connectivity index (χ1n) is 20.3. The minimum atomic E-state index is -4.60. The van der Waals surface area contributed by atoms with Gasteiger partial charge >= 0.3 is 12.1 Å². The molecular formula is C50H44F4N2O7. The standard InChI is InChI=1S/C50H44F4N2O7/c1-3-9-45(62-32(2)58)48-47(42-30-40(61-27-8-26-57)22-24-43(42)56(48)49(60)36-18-16-35(17-19-36)34-10-5-4-6-11-34)55(46(59)28-33-14-20-39(51)21-15-33)31-41-23-25-44(63-41)37-12-7-13-38(29-37)50(52,53)54/h3-7,10-25,29-30,45,47-48,57H,1,8-9,26-28,31H2,2H3/t45?,47-,48+/m0/s1. The van der Waals surface area contributed by atoms with Crippen LogP contribution in [0, 0.1) is 5.82 Å². The number of halogens is 4. The molecule has 5 aromatic carbocycles. The van der Waals surface area contributed by atoms with E-state index in [0.717, 1.165) is 23.3 Å². The molecule has 0 saturated heterocycles. The fourth-order valence-corrected chi connectivity index (χ4v) is 7.85. The van der Waals surface area contributed by atoms with Crippen LogP contribution < -0.4 is 9.64 Å². The molecule has 1 aromatic heterocycles. The number of alkyl halides is 3. The monoisotopic (exact) mass is 860 g/mol. The zero-order chi connectivity index (χ0) is 44.7. The highest BCUT2D eigenvalue weighted by atomic mass is 19.4. The van der Waals surface area contributed by atoms with E-state index in [4.69, 9.17) is 13.9 Å². The highest BCUT2D eigenvalue weighted by Gasteiger charge is 2.51. The lowest BCUT2D eigenvalue weighted by atomic mass is 9.94. The molecule has 0 radical (unpaired) electrons. The van der Waals surface area contributed by atoms with E-state index in [2.05, 4.69) is 6.58 Å². The molecule has 2 amide bonds.